The summed E-state index contributed by atoms with van der Waals surface area (Å²) in [5.41, 5.74) is 6.74. The Morgan fingerprint density at radius 3 is 2.22 bits per heavy atom. The summed E-state index contributed by atoms with van der Waals surface area (Å²) in [5, 5.41) is 2.68. The first-order valence-corrected chi connectivity index (χ1v) is 7.62. The molecule has 3 N–H and O–H groups in total. The average molecular weight is 320 g/mol. The Bertz CT molecular complexity index is 586. The van der Waals surface area contributed by atoms with Crippen molar-refractivity contribution in [1.82, 2.24) is 0 Å². The maximum Gasteiger partial charge on any atom is 0.412 e. The van der Waals surface area contributed by atoms with E-state index in [2.05, 4.69) is 5.32 Å². The van der Waals surface area contributed by atoms with Gasteiger partial charge in [0, 0.05) is 11.1 Å². The fourth-order valence-corrected chi connectivity index (χ4v) is 2.57. The van der Waals surface area contributed by atoms with E-state index in [1.54, 1.807) is 32.9 Å². The zero-order valence-electron chi connectivity index (χ0n) is 14.0. The summed E-state index contributed by atoms with van der Waals surface area (Å²) < 4.78 is 9.95. The van der Waals surface area contributed by atoms with E-state index in [4.69, 9.17) is 15.2 Å². The van der Waals surface area contributed by atoms with Gasteiger partial charge in [-0.1, -0.05) is 12.1 Å². The molecule has 1 atom stereocenters. The molecule has 2 rings (SSSR count). The van der Waals surface area contributed by atoms with Crippen molar-refractivity contribution in [3.05, 3.63) is 29.8 Å². The largest absolute Gasteiger partial charge is 0.468 e. The lowest BCUT2D eigenvalue weighted by molar-refractivity contribution is -0.143. The number of methoxy groups -OCH3 is 1. The molecule has 1 aromatic carbocycles. The van der Waals surface area contributed by atoms with Crippen molar-refractivity contribution in [3.63, 3.8) is 0 Å². The molecule has 0 spiro atoms. The Balaban J connectivity index is 2.05. The van der Waals surface area contributed by atoms with Gasteiger partial charge in [0.1, 0.15) is 11.6 Å². The van der Waals surface area contributed by atoms with Gasteiger partial charge >= 0.3 is 12.1 Å². The van der Waals surface area contributed by atoms with E-state index in [9.17, 15) is 9.59 Å². The Morgan fingerprint density at radius 2 is 1.78 bits per heavy atom. The molecule has 0 saturated heterocycles. The van der Waals surface area contributed by atoms with Crippen LogP contribution in [0, 0.1) is 0 Å². The summed E-state index contributed by atoms with van der Waals surface area (Å²) in [7, 11) is 1.34. The highest BCUT2D eigenvalue weighted by Crippen LogP contribution is 2.50. The number of carbonyl (C=O) groups is 2. The number of benzene rings is 1. The van der Waals surface area contributed by atoms with Crippen LogP contribution >= 0.6 is 0 Å². The molecule has 0 aromatic heterocycles. The highest BCUT2D eigenvalue weighted by Gasteiger charge is 2.52. The molecular formula is C17H24N2O4. The van der Waals surface area contributed by atoms with Gasteiger partial charge in [-0.15, -0.1) is 0 Å². The molecule has 0 bridgehead atoms. The van der Waals surface area contributed by atoms with E-state index in [0.29, 0.717) is 5.69 Å². The van der Waals surface area contributed by atoms with Gasteiger partial charge in [-0.2, -0.15) is 0 Å². The van der Waals surface area contributed by atoms with E-state index in [-0.39, 0.29) is 5.41 Å². The quantitative estimate of drug-likeness (QED) is 0.832. The molecular weight excluding hydrogens is 296 g/mol. The van der Waals surface area contributed by atoms with Crippen LogP contribution in [0.2, 0.25) is 0 Å². The Kier molecular flexibility index (Phi) is 4.66. The Morgan fingerprint density at radius 1 is 1.22 bits per heavy atom. The lowest BCUT2D eigenvalue weighted by atomic mass is 9.88. The maximum atomic E-state index is 11.7. The van der Waals surface area contributed by atoms with Crippen LogP contribution in [0.5, 0.6) is 0 Å². The predicted octanol–water partition coefficient (Wildman–Crippen LogP) is 2.57. The van der Waals surface area contributed by atoms with Crippen LogP contribution in [0.1, 0.15) is 39.2 Å². The van der Waals surface area contributed by atoms with Crippen molar-refractivity contribution in [2.45, 2.75) is 50.7 Å². The van der Waals surface area contributed by atoms with Gasteiger partial charge in [0.15, 0.2) is 0 Å². The lowest BCUT2D eigenvalue weighted by Crippen LogP contribution is -2.42. The van der Waals surface area contributed by atoms with E-state index in [1.807, 2.05) is 12.1 Å². The molecule has 1 aliphatic rings. The van der Waals surface area contributed by atoms with Gasteiger partial charge in [-0.05, 0) is 51.3 Å². The van der Waals surface area contributed by atoms with Crippen LogP contribution in [0.25, 0.3) is 0 Å². The van der Waals surface area contributed by atoms with Crippen molar-refractivity contribution in [3.8, 4) is 0 Å². The molecule has 1 amide bonds. The van der Waals surface area contributed by atoms with Gasteiger partial charge in [0.2, 0.25) is 0 Å². The number of rotatable bonds is 4. The number of anilines is 1. The molecule has 1 aromatic rings. The number of nitrogens with one attached hydrogen (secondary N) is 1. The van der Waals surface area contributed by atoms with Gasteiger partial charge in [-0.25, -0.2) is 4.79 Å². The summed E-state index contributed by atoms with van der Waals surface area (Å²) in [6.07, 6.45) is 1.20. The van der Waals surface area contributed by atoms with Crippen molar-refractivity contribution >= 4 is 17.7 Å². The maximum absolute atomic E-state index is 11.7. The molecule has 126 valence electrons. The minimum absolute atomic E-state index is 0.350. The molecule has 1 saturated carbocycles. The van der Waals surface area contributed by atoms with Crippen LogP contribution in [-0.2, 0) is 19.7 Å². The first-order valence-electron chi connectivity index (χ1n) is 7.62. The molecule has 0 aliphatic heterocycles. The van der Waals surface area contributed by atoms with Crippen molar-refractivity contribution < 1.29 is 19.1 Å². The number of amides is 1. The number of hydrogen-bond donors (Lipinski definition) is 2. The topological polar surface area (TPSA) is 90.6 Å². The zero-order valence-corrected chi connectivity index (χ0v) is 14.0. The third-order valence-corrected chi connectivity index (χ3v) is 3.94. The first kappa shape index (κ1) is 17.3. The second-order valence-electron chi connectivity index (χ2n) is 6.86. The number of hydrogen-bond acceptors (Lipinski definition) is 5. The van der Waals surface area contributed by atoms with E-state index >= 15 is 0 Å². The number of ether oxygens (including phenoxy) is 2. The van der Waals surface area contributed by atoms with Gasteiger partial charge in [-0.3, -0.25) is 10.1 Å². The number of carbonyl (C=O) groups excluding carboxylic acids is 2. The molecule has 23 heavy (non-hydrogen) atoms. The lowest BCUT2D eigenvalue weighted by Gasteiger charge is -2.22. The minimum atomic E-state index is -0.669. The van der Waals surface area contributed by atoms with Crippen LogP contribution in [-0.4, -0.2) is 30.8 Å². The van der Waals surface area contributed by atoms with E-state index in [1.165, 1.54) is 7.11 Å². The monoisotopic (exact) mass is 320 g/mol. The molecule has 1 fully saturated rings. The average Bonchev–Trinajstić information content (AvgIpc) is 3.26. The minimum Gasteiger partial charge on any atom is -0.468 e. The summed E-state index contributed by atoms with van der Waals surface area (Å²) in [6, 6.07) is 6.65. The fourth-order valence-electron chi connectivity index (χ4n) is 2.57. The third-order valence-electron chi connectivity index (χ3n) is 3.94. The van der Waals surface area contributed by atoms with Crippen molar-refractivity contribution in [2.24, 2.45) is 5.73 Å². The third kappa shape index (κ3) is 4.01. The standard InChI is InChI=1S/C17H24N2O4/c1-16(2,3)23-15(21)19-12-7-5-11(6-8-12)17(9-10-17)13(18)14(20)22-4/h5-8,13H,9-10,18H2,1-4H3,(H,19,21). The summed E-state index contributed by atoms with van der Waals surface area (Å²) >= 11 is 0. The zero-order chi connectivity index (χ0) is 17.3. The van der Waals surface area contributed by atoms with Gasteiger partial charge < -0.3 is 15.2 Å². The van der Waals surface area contributed by atoms with Crippen molar-refractivity contribution in [1.29, 1.82) is 0 Å². The molecule has 6 nitrogen and oxygen atoms in total. The summed E-state index contributed by atoms with van der Waals surface area (Å²) in [6.45, 7) is 5.42. The van der Waals surface area contributed by atoms with Crippen LogP contribution in [0.15, 0.2) is 24.3 Å². The molecule has 6 heteroatoms. The summed E-state index contributed by atoms with van der Waals surface area (Å²) in [5.74, 6) is -0.404. The fraction of sp³-hybridized carbons (Fsp3) is 0.529. The Hall–Kier alpha value is -2.08. The van der Waals surface area contributed by atoms with Crippen molar-refractivity contribution in [2.75, 3.05) is 12.4 Å². The SMILES string of the molecule is COC(=O)C(N)C1(c2ccc(NC(=O)OC(C)(C)C)cc2)CC1. The number of esters is 1. The molecule has 1 aliphatic carbocycles. The van der Waals surface area contributed by atoms with Crippen LogP contribution < -0.4 is 11.1 Å². The normalized spacial score (nSPS) is 17.1. The summed E-state index contributed by atoms with van der Waals surface area (Å²) in [4.78, 5) is 23.4. The second kappa shape index (κ2) is 6.20. The van der Waals surface area contributed by atoms with E-state index in [0.717, 1.165) is 18.4 Å². The van der Waals surface area contributed by atoms with E-state index < -0.39 is 23.7 Å². The van der Waals surface area contributed by atoms with Crippen LogP contribution in [0.3, 0.4) is 0 Å². The van der Waals surface area contributed by atoms with Crippen LogP contribution in [0.4, 0.5) is 10.5 Å². The van der Waals surface area contributed by atoms with Gasteiger partial charge in [0.05, 0.1) is 7.11 Å². The number of nitrogens with two attached hydrogens (primary N) is 1. The second-order valence-corrected chi connectivity index (χ2v) is 6.86. The molecule has 1 unspecified atom stereocenters. The highest BCUT2D eigenvalue weighted by atomic mass is 16.6. The van der Waals surface area contributed by atoms with Gasteiger partial charge in [0.25, 0.3) is 0 Å². The predicted molar refractivity (Wildman–Crippen MR) is 87.2 cm³/mol. The smallest absolute Gasteiger partial charge is 0.412 e. The molecule has 0 radical (unpaired) electrons. The Labute approximate surface area is 136 Å². The highest BCUT2D eigenvalue weighted by molar-refractivity contribution is 5.85. The first-order chi connectivity index (χ1) is 10.7. The molecule has 0 heterocycles.